The standard InChI is InChI=1S/C21H36N6O5/c1-6-12(4)17(27-18(28)15(22)7-11(2)3)20(30)26-16(8-14-9-23-10-24-14)19(29)25-13(5)21(31)32/h9-13,15-17H,6-8,22H2,1-5H3,(H,23,24)(H,25,29)(H,26,30)(H,27,28)(H,31,32). The quantitative estimate of drug-likeness (QED) is 0.242. The summed E-state index contributed by atoms with van der Waals surface area (Å²) >= 11 is 0. The molecule has 0 spiro atoms. The number of rotatable bonds is 13. The van der Waals surface area contributed by atoms with Crippen molar-refractivity contribution >= 4 is 23.7 Å². The zero-order valence-corrected chi connectivity index (χ0v) is 19.3. The number of hydrogen-bond acceptors (Lipinski definition) is 6. The Hall–Kier alpha value is -2.95. The molecule has 0 aliphatic heterocycles. The van der Waals surface area contributed by atoms with Gasteiger partial charge in [0.05, 0.1) is 12.4 Å². The van der Waals surface area contributed by atoms with Gasteiger partial charge in [0.25, 0.3) is 0 Å². The first-order chi connectivity index (χ1) is 15.0. The van der Waals surface area contributed by atoms with Gasteiger partial charge in [-0.25, -0.2) is 4.98 Å². The maximum absolute atomic E-state index is 13.1. The minimum Gasteiger partial charge on any atom is -0.480 e. The van der Waals surface area contributed by atoms with Crippen LogP contribution in [0.2, 0.25) is 0 Å². The van der Waals surface area contributed by atoms with Crippen LogP contribution in [-0.2, 0) is 25.6 Å². The molecule has 0 aromatic carbocycles. The second kappa shape index (κ2) is 12.8. The fourth-order valence-corrected chi connectivity index (χ4v) is 3.04. The number of imidazole rings is 1. The lowest BCUT2D eigenvalue weighted by Crippen LogP contribution is -2.59. The molecule has 7 N–H and O–H groups in total. The van der Waals surface area contributed by atoms with E-state index in [4.69, 9.17) is 10.8 Å². The second-order valence-corrected chi connectivity index (χ2v) is 8.52. The lowest BCUT2D eigenvalue weighted by Gasteiger charge is -2.28. The minimum atomic E-state index is -1.20. The van der Waals surface area contributed by atoms with E-state index >= 15 is 0 Å². The van der Waals surface area contributed by atoms with Crippen LogP contribution in [0.3, 0.4) is 0 Å². The molecule has 0 bridgehead atoms. The molecule has 11 nitrogen and oxygen atoms in total. The molecule has 32 heavy (non-hydrogen) atoms. The van der Waals surface area contributed by atoms with Crippen LogP contribution in [0.15, 0.2) is 12.5 Å². The van der Waals surface area contributed by atoms with E-state index in [1.54, 1.807) is 0 Å². The minimum absolute atomic E-state index is 0.0674. The van der Waals surface area contributed by atoms with E-state index in [1.165, 1.54) is 19.4 Å². The summed E-state index contributed by atoms with van der Waals surface area (Å²) in [7, 11) is 0. The number of amides is 3. The molecule has 0 fully saturated rings. The summed E-state index contributed by atoms with van der Waals surface area (Å²) in [4.78, 5) is 56.2. The van der Waals surface area contributed by atoms with Gasteiger partial charge in [0.15, 0.2) is 0 Å². The highest BCUT2D eigenvalue weighted by molar-refractivity contribution is 5.94. The van der Waals surface area contributed by atoms with Crippen molar-refractivity contribution < 1.29 is 24.3 Å². The third kappa shape index (κ3) is 8.66. The second-order valence-electron chi connectivity index (χ2n) is 8.52. The van der Waals surface area contributed by atoms with Crippen molar-refractivity contribution in [3.63, 3.8) is 0 Å². The number of nitrogens with two attached hydrogens (primary N) is 1. The molecule has 3 amide bonds. The average molecular weight is 453 g/mol. The molecule has 0 saturated carbocycles. The SMILES string of the molecule is CCC(C)C(NC(=O)C(N)CC(C)C)C(=O)NC(Cc1cnc[nH]1)C(=O)NC(C)C(=O)O. The molecule has 5 unspecified atom stereocenters. The lowest BCUT2D eigenvalue weighted by molar-refractivity contribution is -0.141. The molecule has 0 saturated heterocycles. The third-order valence-corrected chi connectivity index (χ3v) is 5.20. The summed E-state index contributed by atoms with van der Waals surface area (Å²) in [5.74, 6) is -2.85. The number of carbonyl (C=O) groups excluding carboxylic acids is 3. The topological polar surface area (TPSA) is 179 Å². The molecular formula is C21H36N6O5. The van der Waals surface area contributed by atoms with Crippen LogP contribution in [0.5, 0.6) is 0 Å². The van der Waals surface area contributed by atoms with E-state index in [1.807, 2.05) is 27.7 Å². The monoisotopic (exact) mass is 452 g/mol. The Labute approximate surface area is 188 Å². The first kappa shape index (κ1) is 27.1. The smallest absolute Gasteiger partial charge is 0.325 e. The van der Waals surface area contributed by atoms with Crippen molar-refractivity contribution in [2.75, 3.05) is 0 Å². The highest BCUT2D eigenvalue weighted by Gasteiger charge is 2.32. The molecule has 1 heterocycles. The predicted octanol–water partition coefficient (Wildman–Crippen LogP) is -0.0694. The van der Waals surface area contributed by atoms with Crippen molar-refractivity contribution in [2.45, 2.75) is 78.0 Å². The van der Waals surface area contributed by atoms with Crippen molar-refractivity contribution in [1.82, 2.24) is 25.9 Å². The van der Waals surface area contributed by atoms with Gasteiger partial charge in [-0.15, -0.1) is 0 Å². The summed E-state index contributed by atoms with van der Waals surface area (Å²) in [5.41, 5.74) is 6.54. The summed E-state index contributed by atoms with van der Waals surface area (Å²) in [6.07, 6.45) is 4.08. The van der Waals surface area contributed by atoms with E-state index < -0.39 is 47.9 Å². The first-order valence-corrected chi connectivity index (χ1v) is 10.8. The van der Waals surface area contributed by atoms with Crippen LogP contribution in [0, 0.1) is 11.8 Å². The number of aromatic amines is 1. The molecule has 1 rings (SSSR count). The Kier molecular flexibility index (Phi) is 10.8. The van der Waals surface area contributed by atoms with Gasteiger partial charge >= 0.3 is 5.97 Å². The van der Waals surface area contributed by atoms with Crippen LogP contribution in [0.25, 0.3) is 0 Å². The Morgan fingerprint density at radius 2 is 1.72 bits per heavy atom. The molecule has 0 aliphatic carbocycles. The Balaban J connectivity index is 3.01. The van der Waals surface area contributed by atoms with Crippen molar-refractivity contribution in [1.29, 1.82) is 0 Å². The van der Waals surface area contributed by atoms with Gasteiger partial charge in [-0.2, -0.15) is 0 Å². The molecule has 0 radical (unpaired) electrons. The predicted molar refractivity (Wildman–Crippen MR) is 118 cm³/mol. The first-order valence-electron chi connectivity index (χ1n) is 10.8. The Morgan fingerprint density at radius 1 is 1.06 bits per heavy atom. The summed E-state index contributed by atoms with van der Waals surface area (Å²) in [6, 6.07) is -3.87. The summed E-state index contributed by atoms with van der Waals surface area (Å²) in [6.45, 7) is 8.92. The zero-order valence-electron chi connectivity index (χ0n) is 19.3. The van der Waals surface area contributed by atoms with Gasteiger partial charge in [0, 0.05) is 18.3 Å². The van der Waals surface area contributed by atoms with Crippen molar-refractivity contribution in [2.24, 2.45) is 17.6 Å². The fourth-order valence-electron chi connectivity index (χ4n) is 3.04. The van der Waals surface area contributed by atoms with Gasteiger partial charge in [-0.05, 0) is 25.2 Å². The van der Waals surface area contributed by atoms with Crippen LogP contribution in [0.4, 0.5) is 0 Å². The number of hydrogen-bond donors (Lipinski definition) is 6. The van der Waals surface area contributed by atoms with Crippen molar-refractivity contribution in [3.05, 3.63) is 18.2 Å². The number of aromatic nitrogens is 2. The number of aliphatic carboxylic acids is 1. The molecular weight excluding hydrogens is 416 g/mol. The summed E-state index contributed by atoms with van der Waals surface area (Å²) in [5, 5.41) is 16.8. The maximum atomic E-state index is 13.1. The molecule has 1 aromatic rings. The van der Waals surface area contributed by atoms with Crippen LogP contribution >= 0.6 is 0 Å². The van der Waals surface area contributed by atoms with Gasteiger partial charge in [0.1, 0.15) is 18.1 Å². The normalized spacial score (nSPS) is 15.8. The van der Waals surface area contributed by atoms with E-state index in [2.05, 4.69) is 25.9 Å². The van der Waals surface area contributed by atoms with Crippen LogP contribution in [0.1, 0.15) is 53.2 Å². The van der Waals surface area contributed by atoms with E-state index in [-0.39, 0.29) is 18.3 Å². The average Bonchev–Trinajstić information content (AvgIpc) is 3.22. The van der Waals surface area contributed by atoms with E-state index in [0.717, 1.165) is 0 Å². The highest BCUT2D eigenvalue weighted by Crippen LogP contribution is 2.11. The molecule has 5 atom stereocenters. The largest absolute Gasteiger partial charge is 0.480 e. The Morgan fingerprint density at radius 3 is 2.22 bits per heavy atom. The Bertz CT molecular complexity index is 767. The number of H-pyrrole nitrogens is 1. The summed E-state index contributed by atoms with van der Waals surface area (Å²) < 4.78 is 0. The fraction of sp³-hybridized carbons (Fsp3) is 0.667. The molecule has 11 heteroatoms. The van der Waals surface area contributed by atoms with Crippen LogP contribution in [-0.4, -0.2) is 62.9 Å². The lowest BCUT2D eigenvalue weighted by atomic mass is 9.96. The van der Waals surface area contributed by atoms with Crippen molar-refractivity contribution in [3.8, 4) is 0 Å². The highest BCUT2D eigenvalue weighted by atomic mass is 16.4. The van der Waals surface area contributed by atoms with E-state index in [9.17, 15) is 19.2 Å². The number of carboxylic acid groups (broad SMARTS) is 1. The third-order valence-electron chi connectivity index (χ3n) is 5.20. The number of carboxylic acids is 1. The number of nitrogens with one attached hydrogen (secondary N) is 4. The molecule has 180 valence electrons. The molecule has 1 aromatic heterocycles. The van der Waals surface area contributed by atoms with E-state index in [0.29, 0.717) is 18.5 Å². The number of nitrogens with zero attached hydrogens (tertiary/aromatic N) is 1. The maximum Gasteiger partial charge on any atom is 0.325 e. The van der Waals surface area contributed by atoms with Crippen LogP contribution < -0.4 is 21.7 Å². The number of carbonyl (C=O) groups is 4. The van der Waals surface area contributed by atoms with Gasteiger partial charge in [0.2, 0.25) is 17.7 Å². The molecule has 0 aliphatic rings. The zero-order chi connectivity index (χ0) is 24.4. The van der Waals surface area contributed by atoms with Gasteiger partial charge < -0.3 is 31.8 Å². The van der Waals surface area contributed by atoms with Gasteiger partial charge in [-0.3, -0.25) is 19.2 Å². The van der Waals surface area contributed by atoms with Gasteiger partial charge in [-0.1, -0.05) is 34.1 Å².